The summed E-state index contributed by atoms with van der Waals surface area (Å²) in [5.74, 6) is -71.4. The number of hydrogen-bond acceptors (Lipinski definition) is 0. The predicted molar refractivity (Wildman–Crippen MR) is 232 cm³/mol. The van der Waals surface area contributed by atoms with Crippen molar-refractivity contribution < 1.29 is 87.8 Å². The van der Waals surface area contributed by atoms with E-state index in [0.29, 0.717) is 0 Å². The van der Waals surface area contributed by atoms with E-state index in [0.717, 1.165) is 0 Å². The maximum Gasteiger partial charge on any atom is 0.200 e. The summed E-state index contributed by atoms with van der Waals surface area (Å²) in [6, 6.07) is 0. The quantitative estimate of drug-likeness (QED) is 0.0164. The van der Waals surface area contributed by atoms with Crippen molar-refractivity contribution in [3.8, 4) is 0 Å². The molecule has 4 aromatic rings. The van der Waals surface area contributed by atoms with Crippen molar-refractivity contribution >= 4 is 35.3 Å². The van der Waals surface area contributed by atoms with Crippen LogP contribution in [0.4, 0.5) is 87.8 Å². The minimum atomic E-state index is -7.22. The van der Waals surface area contributed by atoms with Crippen molar-refractivity contribution in [1.82, 2.24) is 0 Å². The SMILES string of the molecule is CCCCCCCCCCCC[P+](CCCC)(CCCC)CCCC.Fc1c(F)c(F)c([B-](c2c(F)c(F)c(F)c(F)c2F)(c2c(F)c(F)c(F)c(F)c2F)c2c(F)c(F)c(F)c(F)c2F)c(F)c1F. The molecule has 0 saturated carbocycles. The molecule has 0 saturated heterocycles. The van der Waals surface area contributed by atoms with Crippen molar-refractivity contribution in [3.05, 3.63) is 116 Å². The van der Waals surface area contributed by atoms with Gasteiger partial charge in [0, 0.05) is 7.26 Å². The van der Waals surface area contributed by atoms with Crippen LogP contribution in [0.15, 0.2) is 0 Å². The fourth-order valence-corrected chi connectivity index (χ4v) is 14.2. The molecule has 0 bridgehead atoms. The van der Waals surface area contributed by atoms with Gasteiger partial charge in [0.15, 0.2) is 69.8 Å². The van der Waals surface area contributed by atoms with E-state index in [2.05, 4.69) is 27.7 Å². The van der Waals surface area contributed by atoms with Gasteiger partial charge < -0.3 is 0 Å². The van der Waals surface area contributed by atoms with Crippen LogP contribution in [0.25, 0.3) is 0 Å². The summed E-state index contributed by atoms with van der Waals surface area (Å²) in [5.41, 5.74) is -14.3. The van der Waals surface area contributed by atoms with Crippen LogP contribution >= 0.6 is 7.26 Å². The van der Waals surface area contributed by atoms with Crippen LogP contribution < -0.4 is 21.9 Å². The van der Waals surface area contributed by atoms with Crippen molar-refractivity contribution in [2.75, 3.05) is 24.6 Å². The molecule has 0 aliphatic carbocycles. The molecule has 4 rings (SSSR count). The summed E-state index contributed by atoms with van der Waals surface area (Å²) < 4.78 is 294. The van der Waals surface area contributed by atoms with Gasteiger partial charge in [-0.05, 0) is 32.1 Å². The van der Waals surface area contributed by atoms with Crippen LogP contribution in [-0.4, -0.2) is 30.8 Å². The zero-order valence-electron chi connectivity index (χ0n) is 38.7. The first-order valence-electron chi connectivity index (χ1n) is 23.0. The largest absolute Gasteiger partial charge is 0.207 e. The van der Waals surface area contributed by atoms with E-state index < -0.39 is 152 Å². The van der Waals surface area contributed by atoms with Gasteiger partial charge in [0.05, 0.1) is 24.6 Å². The lowest BCUT2D eigenvalue weighted by atomic mass is 9.12. The third-order valence-electron chi connectivity index (χ3n) is 12.7. The molecule has 22 heteroatoms. The molecule has 0 aliphatic rings. The average molecular weight is 1050 g/mol. The van der Waals surface area contributed by atoms with Crippen LogP contribution in [0.2, 0.25) is 0 Å². The van der Waals surface area contributed by atoms with Crippen LogP contribution in [0, 0.1) is 116 Å². The van der Waals surface area contributed by atoms with Crippen LogP contribution in [0.1, 0.15) is 130 Å². The van der Waals surface area contributed by atoms with E-state index in [-0.39, 0.29) is 0 Å². The highest BCUT2D eigenvalue weighted by atomic mass is 31.2. The van der Waals surface area contributed by atoms with Gasteiger partial charge >= 0.3 is 0 Å². The molecule has 0 fully saturated rings. The van der Waals surface area contributed by atoms with E-state index in [1.807, 2.05) is 0 Å². The Kier molecular flexibility index (Phi) is 22.9. The highest BCUT2D eigenvalue weighted by Crippen LogP contribution is 2.61. The number of rotatable bonds is 24. The Hall–Kier alpha value is -4.03. The molecule has 0 N–H and O–H groups in total. The standard InChI is InChI=1S/C24BF20.C24H52P/c26-5-1(6(27)14(35)21(42)13(5)34)25(2-7(28)15(36)22(43)16(37)8(2)29,3-9(30)17(38)23(44)18(39)10(3)31)4-11(32)19(40)24(45)20(41)12(4)33;1-5-9-13-14-15-16-17-18-19-20-24-25(21-10-6-2,22-11-7-3)23-12-8-4/h;5-24H2,1-4H3/q-1;+1. The van der Waals surface area contributed by atoms with Gasteiger partial charge in [-0.2, -0.15) is 0 Å². The Bertz CT molecular complexity index is 2020. The van der Waals surface area contributed by atoms with Gasteiger partial charge in [0.1, 0.15) is 52.7 Å². The molecule has 0 aromatic heterocycles. The number of halogens is 20. The first-order valence-corrected chi connectivity index (χ1v) is 25.6. The topological polar surface area (TPSA) is 0 Å². The summed E-state index contributed by atoms with van der Waals surface area (Å²) in [6.07, 6.45) is 22.7. The Labute approximate surface area is 393 Å². The summed E-state index contributed by atoms with van der Waals surface area (Å²) in [6.45, 7) is 9.46. The molecule has 70 heavy (non-hydrogen) atoms. The Morgan fingerprint density at radius 1 is 0.214 bits per heavy atom. The van der Waals surface area contributed by atoms with Gasteiger partial charge in [-0.25, -0.2) is 87.8 Å². The highest BCUT2D eigenvalue weighted by molar-refractivity contribution is 7.75. The smallest absolute Gasteiger partial charge is 0.200 e. The molecule has 0 spiro atoms. The van der Waals surface area contributed by atoms with E-state index >= 15 is 35.1 Å². The van der Waals surface area contributed by atoms with Crippen LogP contribution in [0.5, 0.6) is 0 Å². The summed E-state index contributed by atoms with van der Waals surface area (Å²) >= 11 is 0. The van der Waals surface area contributed by atoms with Crippen molar-refractivity contribution in [2.24, 2.45) is 0 Å². The van der Waals surface area contributed by atoms with Crippen molar-refractivity contribution in [1.29, 1.82) is 0 Å². The van der Waals surface area contributed by atoms with E-state index in [1.165, 1.54) is 96.3 Å². The lowest BCUT2D eigenvalue weighted by Gasteiger charge is -2.44. The second kappa shape index (κ2) is 26.6. The maximum atomic E-state index is 15.4. The normalized spacial score (nSPS) is 12.0. The van der Waals surface area contributed by atoms with Crippen molar-refractivity contribution in [2.45, 2.75) is 130 Å². The molecule has 0 atom stereocenters. The minimum absolute atomic E-state index is 0.620. The second-order valence-electron chi connectivity index (χ2n) is 17.3. The van der Waals surface area contributed by atoms with Crippen LogP contribution in [0.3, 0.4) is 0 Å². The molecule has 0 heterocycles. The summed E-state index contributed by atoms with van der Waals surface area (Å²) in [4.78, 5) is 0. The van der Waals surface area contributed by atoms with Gasteiger partial charge in [-0.15, -0.1) is 21.9 Å². The highest BCUT2D eigenvalue weighted by Gasteiger charge is 2.52. The first-order chi connectivity index (χ1) is 32.9. The molecule has 4 aromatic carbocycles. The maximum absolute atomic E-state index is 15.4. The Morgan fingerprint density at radius 3 is 0.571 bits per heavy atom. The monoisotopic (exact) mass is 1050 g/mol. The Balaban J connectivity index is 0.000000442. The first kappa shape index (κ1) is 60.3. The molecule has 0 radical (unpaired) electrons. The van der Waals surface area contributed by atoms with E-state index in [4.69, 9.17) is 0 Å². The average Bonchev–Trinajstić information content (AvgIpc) is 3.34. The molecule has 0 nitrogen and oxygen atoms in total. The lowest BCUT2D eigenvalue weighted by Crippen LogP contribution is -2.81. The molecular formula is C48H52BF20P. The number of unbranched alkanes of at least 4 members (excludes halogenated alkanes) is 12. The van der Waals surface area contributed by atoms with E-state index in [1.54, 1.807) is 31.1 Å². The third-order valence-corrected chi connectivity index (χ3v) is 17.7. The lowest BCUT2D eigenvalue weighted by molar-refractivity contribution is 0.378. The van der Waals surface area contributed by atoms with Gasteiger partial charge in [-0.1, -0.05) is 98.3 Å². The van der Waals surface area contributed by atoms with Gasteiger partial charge in [0.25, 0.3) is 0 Å². The van der Waals surface area contributed by atoms with E-state index in [9.17, 15) is 52.7 Å². The zero-order valence-corrected chi connectivity index (χ0v) is 39.6. The number of hydrogen-bond donors (Lipinski definition) is 0. The molecule has 392 valence electrons. The van der Waals surface area contributed by atoms with Gasteiger partial charge in [-0.3, -0.25) is 0 Å². The summed E-state index contributed by atoms with van der Waals surface area (Å²) in [5, 5.41) is 0. The molecule has 0 unspecified atom stereocenters. The minimum Gasteiger partial charge on any atom is -0.207 e. The van der Waals surface area contributed by atoms with Gasteiger partial charge in [0.2, 0.25) is 0 Å². The fraction of sp³-hybridized carbons (Fsp3) is 0.500. The van der Waals surface area contributed by atoms with Crippen molar-refractivity contribution in [3.63, 3.8) is 0 Å². The Morgan fingerprint density at radius 2 is 0.371 bits per heavy atom. The molecule has 0 aliphatic heterocycles. The third kappa shape index (κ3) is 12.2. The number of benzene rings is 4. The predicted octanol–water partition coefficient (Wildman–Crippen LogP) is 15.2. The molecule has 0 amide bonds. The summed E-state index contributed by atoms with van der Waals surface area (Å²) in [7, 11) is -0.620. The zero-order chi connectivity index (χ0) is 53.0. The second-order valence-corrected chi connectivity index (χ2v) is 21.8. The molecular weight excluding hydrogens is 998 g/mol. The fourth-order valence-electron chi connectivity index (χ4n) is 8.96. The van der Waals surface area contributed by atoms with Crippen LogP contribution in [-0.2, 0) is 0 Å².